The van der Waals surface area contributed by atoms with E-state index in [2.05, 4.69) is 4.18 Å². The molecular formula is C14H15O9S-. The number of aryl methyl sites for hydroxylation is 1. The van der Waals surface area contributed by atoms with Gasteiger partial charge in [-0.05, 0) is 13.0 Å². The van der Waals surface area contributed by atoms with Gasteiger partial charge in [0.15, 0.2) is 11.5 Å². The molecule has 9 nitrogen and oxygen atoms in total. The van der Waals surface area contributed by atoms with Crippen molar-refractivity contribution in [2.45, 2.75) is 6.92 Å². The van der Waals surface area contributed by atoms with E-state index in [1.165, 1.54) is 26.4 Å². The zero-order valence-corrected chi connectivity index (χ0v) is 14.0. The first-order chi connectivity index (χ1) is 11.3. The Kier molecular flexibility index (Phi) is 5.32. The average Bonchev–Trinajstić information content (AvgIpc) is 2.80. The molecule has 0 aliphatic carbocycles. The van der Waals surface area contributed by atoms with E-state index in [9.17, 15) is 17.8 Å². The van der Waals surface area contributed by atoms with Gasteiger partial charge in [0.2, 0.25) is 0 Å². The van der Waals surface area contributed by atoms with Crippen molar-refractivity contribution in [3.8, 4) is 11.5 Å². The Balaban J connectivity index is 2.51. The minimum absolute atomic E-state index is 0.0324. The largest absolute Gasteiger partial charge is 0.716 e. The lowest BCUT2D eigenvalue weighted by atomic mass is 10.1. The molecule has 0 aliphatic heterocycles. The Labute approximate surface area is 138 Å². The summed E-state index contributed by atoms with van der Waals surface area (Å²) in [7, 11) is -2.29. The molecular weight excluding hydrogens is 344 g/mol. The highest BCUT2D eigenvalue weighted by atomic mass is 32.3. The maximum atomic E-state index is 12.2. The van der Waals surface area contributed by atoms with Crippen molar-refractivity contribution in [2.24, 2.45) is 0 Å². The molecule has 0 radical (unpaired) electrons. The summed E-state index contributed by atoms with van der Waals surface area (Å²) in [4.78, 5) is 12.2. The Bertz CT molecular complexity index is 851. The second-order valence-electron chi connectivity index (χ2n) is 4.65. The van der Waals surface area contributed by atoms with Gasteiger partial charge in [-0.2, -0.15) is 0 Å². The molecule has 0 saturated heterocycles. The molecule has 0 amide bonds. The molecule has 0 fully saturated rings. The number of rotatable bonds is 7. The third-order valence-corrected chi connectivity index (χ3v) is 3.45. The zero-order chi connectivity index (χ0) is 17.9. The van der Waals surface area contributed by atoms with Crippen molar-refractivity contribution in [3.63, 3.8) is 0 Å². The molecule has 2 rings (SSSR count). The highest BCUT2D eigenvalue weighted by Crippen LogP contribution is 2.37. The Morgan fingerprint density at radius 3 is 2.50 bits per heavy atom. The summed E-state index contributed by atoms with van der Waals surface area (Å²) in [5, 5.41) is 0.231. The van der Waals surface area contributed by atoms with Crippen molar-refractivity contribution < 1.29 is 40.6 Å². The lowest BCUT2D eigenvalue weighted by Gasteiger charge is -2.12. The van der Waals surface area contributed by atoms with Gasteiger partial charge in [0.1, 0.15) is 23.5 Å². The Morgan fingerprint density at radius 2 is 1.92 bits per heavy atom. The fraction of sp³-hybridized carbons (Fsp3) is 0.357. The second-order valence-corrected chi connectivity index (χ2v) is 5.64. The van der Waals surface area contributed by atoms with E-state index in [0.29, 0.717) is 0 Å². The molecule has 0 bridgehead atoms. The minimum atomic E-state index is -5.02. The molecule has 0 spiro atoms. The quantitative estimate of drug-likeness (QED) is 0.312. The number of benzene rings is 1. The minimum Gasteiger partial charge on any atom is -0.716 e. The van der Waals surface area contributed by atoms with Crippen molar-refractivity contribution in [1.82, 2.24) is 0 Å². The number of carbonyl (C=O) groups is 1. The van der Waals surface area contributed by atoms with Gasteiger partial charge in [0.05, 0.1) is 13.7 Å². The van der Waals surface area contributed by atoms with Gasteiger partial charge in [-0.15, -0.1) is 0 Å². The van der Waals surface area contributed by atoms with Crippen molar-refractivity contribution in [1.29, 1.82) is 0 Å². The molecule has 24 heavy (non-hydrogen) atoms. The van der Waals surface area contributed by atoms with Crippen molar-refractivity contribution in [2.75, 3.05) is 27.4 Å². The van der Waals surface area contributed by atoms with Crippen LogP contribution in [0.4, 0.5) is 0 Å². The van der Waals surface area contributed by atoms with E-state index in [4.69, 9.17) is 18.6 Å². The summed E-state index contributed by atoms with van der Waals surface area (Å²) in [5.41, 5.74) is 0.343. The SMILES string of the molecule is COCCOC(=O)c1c(C)oc2cc(OC)c(OS(=O)(=O)[O-])cc12. The van der Waals surface area contributed by atoms with E-state index in [0.717, 1.165) is 0 Å². The number of fused-ring (bicyclic) bond motifs is 1. The fourth-order valence-electron chi connectivity index (χ4n) is 2.10. The number of hydrogen-bond acceptors (Lipinski definition) is 9. The van der Waals surface area contributed by atoms with Crippen LogP contribution in [0.15, 0.2) is 16.5 Å². The molecule has 1 heterocycles. The number of hydrogen-bond donors (Lipinski definition) is 0. The first-order valence-electron chi connectivity index (χ1n) is 6.69. The average molecular weight is 359 g/mol. The van der Waals surface area contributed by atoms with Crippen LogP contribution in [-0.2, 0) is 19.9 Å². The van der Waals surface area contributed by atoms with Crippen LogP contribution in [0.2, 0.25) is 0 Å². The standard InChI is InChI=1S/C14H16O9S/c1-8-13(14(15)21-5-4-19-2)9-6-12(23-24(16,17)18)11(20-3)7-10(9)22-8/h6-7H,4-5H2,1-3H3,(H,16,17,18)/p-1. The first kappa shape index (κ1) is 18.0. The summed E-state index contributed by atoms with van der Waals surface area (Å²) < 4.78 is 57.1. The van der Waals surface area contributed by atoms with E-state index >= 15 is 0 Å². The summed E-state index contributed by atoms with van der Waals surface area (Å²) in [5.74, 6) is -0.803. The lowest BCUT2D eigenvalue weighted by Crippen LogP contribution is -2.11. The summed E-state index contributed by atoms with van der Waals surface area (Å²) in [6.07, 6.45) is 0. The molecule has 1 aromatic carbocycles. The monoisotopic (exact) mass is 359 g/mol. The van der Waals surface area contributed by atoms with Crippen LogP contribution >= 0.6 is 0 Å². The van der Waals surface area contributed by atoms with Gasteiger partial charge in [-0.1, -0.05) is 0 Å². The van der Waals surface area contributed by atoms with Crippen molar-refractivity contribution in [3.05, 3.63) is 23.5 Å². The molecule has 0 N–H and O–H groups in total. The summed E-state index contributed by atoms with van der Waals surface area (Å²) in [6.45, 7) is 1.80. The highest BCUT2D eigenvalue weighted by molar-refractivity contribution is 7.81. The molecule has 0 atom stereocenters. The molecule has 0 unspecified atom stereocenters. The fourth-order valence-corrected chi connectivity index (χ4v) is 2.46. The van der Waals surface area contributed by atoms with Crippen LogP contribution in [0.1, 0.15) is 16.1 Å². The summed E-state index contributed by atoms with van der Waals surface area (Å²) >= 11 is 0. The number of carbonyl (C=O) groups excluding carboxylic acids is 1. The molecule has 132 valence electrons. The topological polar surface area (TPSA) is 124 Å². The predicted octanol–water partition coefficient (Wildman–Crippen LogP) is 1.39. The van der Waals surface area contributed by atoms with E-state index in [-0.39, 0.29) is 47.0 Å². The Morgan fingerprint density at radius 1 is 1.21 bits per heavy atom. The van der Waals surface area contributed by atoms with Crippen LogP contribution < -0.4 is 8.92 Å². The highest BCUT2D eigenvalue weighted by Gasteiger charge is 2.22. The second kappa shape index (κ2) is 7.07. The van der Waals surface area contributed by atoms with Crippen LogP contribution in [-0.4, -0.2) is 46.4 Å². The molecule has 2 aromatic rings. The smallest absolute Gasteiger partial charge is 0.342 e. The third kappa shape index (κ3) is 3.96. The van der Waals surface area contributed by atoms with Crippen LogP contribution in [0.5, 0.6) is 11.5 Å². The van der Waals surface area contributed by atoms with Crippen LogP contribution in [0.25, 0.3) is 11.0 Å². The number of furan rings is 1. The molecule has 0 aliphatic rings. The third-order valence-electron chi connectivity index (χ3n) is 3.07. The zero-order valence-electron chi connectivity index (χ0n) is 13.2. The van der Waals surface area contributed by atoms with Crippen LogP contribution in [0.3, 0.4) is 0 Å². The molecule has 0 saturated carbocycles. The van der Waals surface area contributed by atoms with Crippen molar-refractivity contribution >= 4 is 27.3 Å². The summed E-state index contributed by atoms with van der Waals surface area (Å²) in [6, 6.07) is 2.49. The number of ether oxygens (including phenoxy) is 3. The van der Waals surface area contributed by atoms with Gasteiger partial charge in [0.25, 0.3) is 10.4 Å². The lowest BCUT2D eigenvalue weighted by molar-refractivity contribution is 0.0388. The normalized spacial score (nSPS) is 11.5. The molecule has 10 heteroatoms. The maximum Gasteiger partial charge on any atom is 0.342 e. The molecule has 1 aromatic heterocycles. The maximum absolute atomic E-state index is 12.2. The van der Waals surface area contributed by atoms with Crippen LogP contribution in [0, 0.1) is 6.92 Å². The van der Waals surface area contributed by atoms with Gasteiger partial charge in [-0.25, -0.2) is 13.2 Å². The van der Waals surface area contributed by atoms with Gasteiger partial charge >= 0.3 is 5.97 Å². The van der Waals surface area contributed by atoms with Gasteiger partial charge in [0, 0.05) is 18.6 Å². The predicted molar refractivity (Wildman–Crippen MR) is 80.0 cm³/mol. The number of methoxy groups -OCH3 is 2. The van der Waals surface area contributed by atoms with E-state index in [1.54, 1.807) is 6.92 Å². The van der Waals surface area contributed by atoms with Gasteiger partial charge < -0.3 is 27.4 Å². The first-order valence-corrected chi connectivity index (χ1v) is 8.02. The number of esters is 1. The van der Waals surface area contributed by atoms with E-state index in [1.807, 2.05) is 0 Å². The van der Waals surface area contributed by atoms with Gasteiger partial charge in [-0.3, -0.25) is 0 Å². The Hall–Kier alpha value is -2.30. The van der Waals surface area contributed by atoms with E-state index < -0.39 is 16.4 Å².